The summed E-state index contributed by atoms with van der Waals surface area (Å²) in [6.45, 7) is 3.94. The first kappa shape index (κ1) is 12.2. The number of carbonyl (C=O) groups is 1. The summed E-state index contributed by atoms with van der Waals surface area (Å²) in [5.41, 5.74) is 0.599. The number of amides is 1. The summed E-state index contributed by atoms with van der Waals surface area (Å²) in [7, 11) is 0. The van der Waals surface area contributed by atoms with E-state index < -0.39 is 0 Å². The Morgan fingerprint density at radius 3 is 2.73 bits per heavy atom. The lowest BCUT2D eigenvalue weighted by Gasteiger charge is -2.08. The van der Waals surface area contributed by atoms with Crippen LogP contribution < -0.4 is 5.32 Å². The van der Waals surface area contributed by atoms with Gasteiger partial charge in [0, 0.05) is 10.9 Å². The van der Waals surface area contributed by atoms with Crippen molar-refractivity contribution in [2.75, 3.05) is 5.32 Å². The molecule has 82 valence electrons. The summed E-state index contributed by atoms with van der Waals surface area (Å²) in [5.74, 6) is -0.0785. The molecule has 0 aromatic heterocycles. The average molecular weight is 274 g/mol. The van der Waals surface area contributed by atoms with Gasteiger partial charge in [-0.1, -0.05) is 13.8 Å². The molecular formula is C11H13BrFNO. The molecule has 0 bridgehead atoms. The van der Waals surface area contributed by atoms with Crippen LogP contribution in [0.3, 0.4) is 0 Å². The van der Waals surface area contributed by atoms with Crippen molar-refractivity contribution in [1.29, 1.82) is 0 Å². The van der Waals surface area contributed by atoms with Gasteiger partial charge in [0.2, 0.25) is 5.91 Å². The van der Waals surface area contributed by atoms with Crippen molar-refractivity contribution in [2.24, 2.45) is 5.92 Å². The summed E-state index contributed by atoms with van der Waals surface area (Å²) in [6.07, 6.45) is 0.462. The third-order valence-electron chi connectivity index (χ3n) is 1.80. The fourth-order valence-corrected chi connectivity index (χ4v) is 1.61. The highest BCUT2D eigenvalue weighted by atomic mass is 79.9. The summed E-state index contributed by atoms with van der Waals surface area (Å²) >= 11 is 3.19. The molecule has 4 heteroatoms. The monoisotopic (exact) mass is 273 g/mol. The molecule has 1 rings (SSSR count). The zero-order chi connectivity index (χ0) is 11.4. The molecule has 0 radical (unpaired) electrons. The number of rotatable bonds is 3. The van der Waals surface area contributed by atoms with E-state index in [1.807, 2.05) is 13.8 Å². The van der Waals surface area contributed by atoms with Crippen molar-refractivity contribution in [2.45, 2.75) is 20.3 Å². The molecule has 1 N–H and O–H groups in total. The Balaban J connectivity index is 2.68. The Labute approximate surface area is 97.0 Å². The zero-order valence-electron chi connectivity index (χ0n) is 8.68. The predicted octanol–water partition coefficient (Wildman–Crippen LogP) is 3.57. The molecule has 1 amide bonds. The Hall–Kier alpha value is -0.900. The summed E-state index contributed by atoms with van der Waals surface area (Å²) < 4.78 is 13.3. The van der Waals surface area contributed by atoms with Crippen molar-refractivity contribution >= 4 is 27.5 Å². The van der Waals surface area contributed by atoms with Crippen LogP contribution in [0.1, 0.15) is 20.3 Å². The fourth-order valence-electron chi connectivity index (χ4n) is 1.16. The van der Waals surface area contributed by atoms with Crippen molar-refractivity contribution < 1.29 is 9.18 Å². The predicted molar refractivity (Wildman–Crippen MR) is 62.2 cm³/mol. The van der Waals surface area contributed by atoms with Gasteiger partial charge in [-0.3, -0.25) is 4.79 Å². The maximum absolute atomic E-state index is 12.8. The van der Waals surface area contributed by atoms with Crippen LogP contribution in [0.25, 0.3) is 0 Å². The van der Waals surface area contributed by atoms with Crippen LogP contribution in [0.2, 0.25) is 0 Å². The maximum atomic E-state index is 12.8. The number of hydrogen-bond acceptors (Lipinski definition) is 1. The van der Waals surface area contributed by atoms with E-state index >= 15 is 0 Å². The number of anilines is 1. The third-order valence-corrected chi connectivity index (χ3v) is 2.45. The topological polar surface area (TPSA) is 29.1 Å². The molecule has 0 saturated heterocycles. The van der Waals surface area contributed by atoms with Crippen molar-refractivity contribution in [3.8, 4) is 0 Å². The molecule has 0 spiro atoms. The molecule has 0 heterocycles. The van der Waals surface area contributed by atoms with Gasteiger partial charge in [-0.05, 0) is 40.0 Å². The van der Waals surface area contributed by atoms with Crippen molar-refractivity contribution in [3.05, 3.63) is 28.5 Å². The second-order valence-electron chi connectivity index (χ2n) is 3.77. The molecule has 0 saturated carbocycles. The summed E-state index contributed by atoms with van der Waals surface area (Å²) in [6, 6.07) is 4.18. The van der Waals surface area contributed by atoms with Crippen LogP contribution in [0.15, 0.2) is 22.7 Å². The number of benzene rings is 1. The maximum Gasteiger partial charge on any atom is 0.224 e. The van der Waals surface area contributed by atoms with Crippen LogP contribution >= 0.6 is 15.9 Å². The molecule has 0 aliphatic rings. The number of carbonyl (C=O) groups excluding carboxylic acids is 1. The van der Waals surface area contributed by atoms with E-state index in [1.54, 1.807) is 0 Å². The highest BCUT2D eigenvalue weighted by Crippen LogP contribution is 2.23. The zero-order valence-corrected chi connectivity index (χ0v) is 10.3. The van der Waals surface area contributed by atoms with E-state index in [0.717, 1.165) is 0 Å². The van der Waals surface area contributed by atoms with E-state index in [4.69, 9.17) is 0 Å². The van der Waals surface area contributed by atoms with Crippen molar-refractivity contribution in [3.63, 3.8) is 0 Å². The van der Waals surface area contributed by atoms with Gasteiger partial charge in [0.1, 0.15) is 5.82 Å². The van der Waals surface area contributed by atoms with Crippen LogP contribution in [-0.4, -0.2) is 5.91 Å². The molecule has 0 unspecified atom stereocenters. The minimum atomic E-state index is -0.330. The first-order valence-electron chi connectivity index (χ1n) is 4.74. The van der Waals surface area contributed by atoms with Gasteiger partial charge in [0.05, 0.1) is 5.69 Å². The fraction of sp³-hybridized carbons (Fsp3) is 0.364. The normalized spacial score (nSPS) is 10.5. The third kappa shape index (κ3) is 4.00. The molecule has 0 atom stereocenters. The van der Waals surface area contributed by atoms with E-state index in [-0.39, 0.29) is 11.7 Å². The minimum absolute atomic E-state index is 0.0580. The van der Waals surface area contributed by atoms with Crippen LogP contribution in [0.4, 0.5) is 10.1 Å². The van der Waals surface area contributed by atoms with Gasteiger partial charge in [-0.2, -0.15) is 0 Å². The van der Waals surface area contributed by atoms with Gasteiger partial charge in [-0.15, -0.1) is 0 Å². The lowest BCUT2D eigenvalue weighted by molar-refractivity contribution is -0.116. The van der Waals surface area contributed by atoms with E-state index in [0.29, 0.717) is 22.5 Å². The second kappa shape index (κ2) is 5.26. The number of nitrogens with one attached hydrogen (secondary N) is 1. The lowest BCUT2D eigenvalue weighted by atomic mass is 10.1. The van der Waals surface area contributed by atoms with Crippen LogP contribution in [0.5, 0.6) is 0 Å². The van der Waals surface area contributed by atoms with Crippen LogP contribution in [0, 0.1) is 11.7 Å². The number of hydrogen-bond donors (Lipinski definition) is 1. The Bertz CT molecular complexity index is 366. The highest BCUT2D eigenvalue weighted by Gasteiger charge is 2.07. The van der Waals surface area contributed by atoms with Gasteiger partial charge in [-0.25, -0.2) is 4.39 Å². The quantitative estimate of drug-likeness (QED) is 0.896. The molecule has 1 aromatic carbocycles. The first-order chi connectivity index (χ1) is 6.99. The minimum Gasteiger partial charge on any atom is -0.325 e. The molecule has 0 aliphatic carbocycles. The molecule has 0 fully saturated rings. The van der Waals surface area contributed by atoms with E-state index in [2.05, 4.69) is 21.2 Å². The van der Waals surface area contributed by atoms with Gasteiger partial charge in [0.25, 0.3) is 0 Å². The Morgan fingerprint density at radius 2 is 2.20 bits per heavy atom. The largest absolute Gasteiger partial charge is 0.325 e. The van der Waals surface area contributed by atoms with Gasteiger partial charge >= 0.3 is 0 Å². The molecule has 15 heavy (non-hydrogen) atoms. The summed E-state index contributed by atoms with van der Waals surface area (Å²) in [5, 5.41) is 2.72. The van der Waals surface area contributed by atoms with Crippen LogP contribution in [-0.2, 0) is 4.79 Å². The van der Waals surface area contributed by atoms with Gasteiger partial charge in [0.15, 0.2) is 0 Å². The number of halogens is 2. The molecule has 0 aliphatic heterocycles. The Morgan fingerprint density at radius 1 is 1.53 bits per heavy atom. The standard InChI is InChI=1S/C11H13BrFNO/c1-7(2)5-11(15)14-10-4-3-8(13)6-9(10)12/h3-4,6-7H,5H2,1-2H3,(H,14,15). The molecule has 1 aromatic rings. The van der Waals surface area contributed by atoms with Crippen molar-refractivity contribution in [1.82, 2.24) is 0 Å². The SMILES string of the molecule is CC(C)CC(=O)Nc1ccc(F)cc1Br. The first-order valence-corrected chi connectivity index (χ1v) is 5.53. The summed E-state index contributed by atoms with van der Waals surface area (Å²) in [4.78, 5) is 11.4. The van der Waals surface area contributed by atoms with E-state index in [9.17, 15) is 9.18 Å². The lowest BCUT2D eigenvalue weighted by Crippen LogP contribution is -2.14. The molecular weight excluding hydrogens is 261 g/mol. The highest BCUT2D eigenvalue weighted by molar-refractivity contribution is 9.10. The Kier molecular flexibility index (Phi) is 4.27. The second-order valence-corrected chi connectivity index (χ2v) is 4.62. The average Bonchev–Trinajstić information content (AvgIpc) is 2.08. The smallest absolute Gasteiger partial charge is 0.224 e. The van der Waals surface area contributed by atoms with Gasteiger partial charge < -0.3 is 5.32 Å². The van der Waals surface area contributed by atoms with E-state index in [1.165, 1.54) is 18.2 Å². The molecule has 2 nitrogen and oxygen atoms in total.